The number of hydrogen-bond donors (Lipinski definition) is 1. The first kappa shape index (κ1) is 28.7. The van der Waals surface area contributed by atoms with E-state index in [-0.39, 0.29) is 11.3 Å². The Morgan fingerprint density at radius 2 is 1.62 bits per heavy atom. The van der Waals surface area contributed by atoms with Crippen molar-refractivity contribution in [2.24, 2.45) is 5.92 Å². The molecule has 0 radical (unpaired) electrons. The predicted octanol–water partition coefficient (Wildman–Crippen LogP) is 7.54. The van der Waals surface area contributed by atoms with Crippen LogP contribution in [0.3, 0.4) is 0 Å². The molecule has 1 amide bonds. The second-order valence-electron chi connectivity index (χ2n) is 11.0. The number of aliphatic hydroxyl groups excluding tert-OH is 1. The van der Waals surface area contributed by atoms with E-state index in [0.717, 1.165) is 16.7 Å². The molecule has 1 saturated heterocycles. The summed E-state index contributed by atoms with van der Waals surface area (Å²) in [7, 11) is 0. The molecule has 1 fully saturated rings. The first-order valence-electron chi connectivity index (χ1n) is 14.1. The van der Waals surface area contributed by atoms with Gasteiger partial charge in [0.25, 0.3) is 11.7 Å². The molecule has 1 N–H and O–H groups in total. The van der Waals surface area contributed by atoms with Crippen molar-refractivity contribution in [3.8, 4) is 11.5 Å². The zero-order valence-electron chi connectivity index (χ0n) is 24.3. The number of aryl methyl sites for hydroxylation is 2. The van der Waals surface area contributed by atoms with Crippen LogP contribution in [0.1, 0.15) is 47.7 Å². The van der Waals surface area contributed by atoms with E-state index in [0.29, 0.717) is 47.4 Å². The SMILES string of the molecule is Cc1cccc(N2C(=O)C(=O)/C(=C(/O)c3ccc(OCc4ccccc4)c(C)c3)C2c2cccc(OCC(C)C)c2)c1. The van der Waals surface area contributed by atoms with Crippen molar-refractivity contribution >= 4 is 23.1 Å². The molecule has 4 aromatic rings. The lowest BCUT2D eigenvalue weighted by atomic mass is 9.94. The summed E-state index contributed by atoms with van der Waals surface area (Å²) in [6, 6.07) is 29.1. The summed E-state index contributed by atoms with van der Waals surface area (Å²) in [5, 5.41) is 11.6. The fraction of sp³-hybridized carbons (Fsp3) is 0.222. The van der Waals surface area contributed by atoms with Gasteiger partial charge in [-0.05, 0) is 84.5 Å². The van der Waals surface area contributed by atoms with Gasteiger partial charge in [-0.3, -0.25) is 14.5 Å². The van der Waals surface area contributed by atoms with Gasteiger partial charge in [-0.2, -0.15) is 0 Å². The van der Waals surface area contributed by atoms with Crippen LogP contribution in [-0.4, -0.2) is 23.4 Å². The smallest absolute Gasteiger partial charge is 0.300 e. The number of amides is 1. The second kappa shape index (κ2) is 12.4. The van der Waals surface area contributed by atoms with Gasteiger partial charge in [0, 0.05) is 11.3 Å². The number of anilines is 1. The minimum Gasteiger partial charge on any atom is -0.507 e. The first-order chi connectivity index (χ1) is 20.2. The highest BCUT2D eigenvalue weighted by atomic mass is 16.5. The molecule has 0 aliphatic carbocycles. The average molecular weight is 562 g/mol. The Bertz CT molecular complexity index is 1640. The summed E-state index contributed by atoms with van der Waals surface area (Å²) < 4.78 is 12.0. The standard InChI is InChI=1S/C36H35NO5/c1-23(2)21-41-30-15-9-13-27(20-30)33-32(35(39)36(40)37(33)29-14-8-10-24(3)18-29)34(38)28-16-17-31(25(4)19-28)42-22-26-11-6-5-7-12-26/h5-20,23,33,38H,21-22H2,1-4H3/b34-32+. The summed E-state index contributed by atoms with van der Waals surface area (Å²) in [6.45, 7) is 8.88. The Morgan fingerprint density at radius 3 is 2.33 bits per heavy atom. The number of carbonyl (C=O) groups excluding carboxylic acids is 2. The molecular formula is C36H35NO5. The molecule has 6 heteroatoms. The molecule has 1 atom stereocenters. The average Bonchev–Trinajstić information content (AvgIpc) is 3.25. The third kappa shape index (κ3) is 6.08. The van der Waals surface area contributed by atoms with Gasteiger partial charge >= 0.3 is 0 Å². The van der Waals surface area contributed by atoms with Gasteiger partial charge in [0.05, 0.1) is 18.2 Å². The maximum absolute atomic E-state index is 13.6. The summed E-state index contributed by atoms with van der Waals surface area (Å²) in [5.41, 5.74) is 4.49. The Balaban J connectivity index is 1.56. The van der Waals surface area contributed by atoms with E-state index in [1.807, 2.05) is 86.6 Å². The molecule has 1 unspecified atom stereocenters. The van der Waals surface area contributed by atoms with Crippen LogP contribution < -0.4 is 14.4 Å². The maximum Gasteiger partial charge on any atom is 0.300 e. The van der Waals surface area contributed by atoms with E-state index in [9.17, 15) is 14.7 Å². The number of benzene rings is 4. The van der Waals surface area contributed by atoms with Crippen molar-refractivity contribution in [3.63, 3.8) is 0 Å². The molecule has 42 heavy (non-hydrogen) atoms. The zero-order valence-corrected chi connectivity index (χ0v) is 24.3. The Kier molecular flexibility index (Phi) is 8.43. The van der Waals surface area contributed by atoms with Crippen molar-refractivity contribution in [1.82, 2.24) is 0 Å². The van der Waals surface area contributed by atoms with Gasteiger partial charge in [-0.1, -0.05) is 68.4 Å². The molecule has 1 aliphatic rings. The second-order valence-corrected chi connectivity index (χ2v) is 11.0. The third-order valence-corrected chi connectivity index (χ3v) is 7.17. The number of aliphatic hydroxyl groups is 1. The van der Waals surface area contributed by atoms with E-state index >= 15 is 0 Å². The van der Waals surface area contributed by atoms with Crippen molar-refractivity contribution in [2.75, 3.05) is 11.5 Å². The lowest BCUT2D eigenvalue weighted by molar-refractivity contribution is -0.132. The van der Waals surface area contributed by atoms with Crippen LogP contribution in [0.5, 0.6) is 11.5 Å². The van der Waals surface area contributed by atoms with Crippen LogP contribution in [0.15, 0.2) is 103 Å². The van der Waals surface area contributed by atoms with Gasteiger partial charge in [0.2, 0.25) is 0 Å². The van der Waals surface area contributed by atoms with Crippen LogP contribution in [0, 0.1) is 19.8 Å². The van der Waals surface area contributed by atoms with E-state index in [4.69, 9.17) is 9.47 Å². The lowest BCUT2D eigenvalue weighted by Gasteiger charge is -2.26. The summed E-state index contributed by atoms with van der Waals surface area (Å²) in [4.78, 5) is 28.7. The molecule has 4 aromatic carbocycles. The molecule has 0 spiro atoms. The molecule has 0 saturated carbocycles. The van der Waals surface area contributed by atoms with Gasteiger partial charge in [0.15, 0.2) is 0 Å². The normalized spacial score (nSPS) is 16.2. The van der Waals surface area contributed by atoms with Gasteiger partial charge in [0.1, 0.15) is 23.9 Å². The van der Waals surface area contributed by atoms with E-state index < -0.39 is 17.7 Å². The molecule has 214 valence electrons. The van der Waals surface area contributed by atoms with Crippen LogP contribution in [0.4, 0.5) is 5.69 Å². The summed E-state index contributed by atoms with van der Waals surface area (Å²) in [6.07, 6.45) is 0. The number of Topliss-reactive ketones (excluding diaryl/α,β-unsaturated/α-hetero) is 1. The zero-order chi connectivity index (χ0) is 29.8. The minimum absolute atomic E-state index is 0.0277. The molecule has 0 aromatic heterocycles. The van der Waals surface area contributed by atoms with E-state index in [2.05, 4.69) is 13.8 Å². The van der Waals surface area contributed by atoms with Crippen molar-refractivity contribution in [2.45, 2.75) is 40.3 Å². The highest BCUT2D eigenvalue weighted by Crippen LogP contribution is 2.43. The molecule has 5 rings (SSSR count). The highest BCUT2D eigenvalue weighted by molar-refractivity contribution is 6.51. The number of rotatable bonds is 9. The van der Waals surface area contributed by atoms with Crippen LogP contribution in [0.25, 0.3) is 5.76 Å². The number of ketones is 1. The summed E-state index contributed by atoms with van der Waals surface area (Å²) >= 11 is 0. The van der Waals surface area contributed by atoms with Gasteiger partial charge in [-0.15, -0.1) is 0 Å². The third-order valence-electron chi connectivity index (χ3n) is 7.17. The van der Waals surface area contributed by atoms with Gasteiger partial charge in [-0.25, -0.2) is 0 Å². The van der Waals surface area contributed by atoms with Crippen LogP contribution in [0.2, 0.25) is 0 Å². The molecule has 1 heterocycles. The molecule has 6 nitrogen and oxygen atoms in total. The monoisotopic (exact) mass is 561 g/mol. The Morgan fingerprint density at radius 1 is 0.857 bits per heavy atom. The fourth-order valence-corrected chi connectivity index (χ4v) is 5.08. The summed E-state index contributed by atoms with van der Waals surface area (Å²) in [5.74, 6) is -0.0436. The lowest BCUT2D eigenvalue weighted by Crippen LogP contribution is -2.29. The maximum atomic E-state index is 13.6. The Labute approximate surface area is 246 Å². The van der Waals surface area contributed by atoms with Crippen LogP contribution in [-0.2, 0) is 16.2 Å². The predicted molar refractivity (Wildman–Crippen MR) is 165 cm³/mol. The van der Waals surface area contributed by atoms with Crippen molar-refractivity contribution < 1.29 is 24.2 Å². The molecule has 1 aliphatic heterocycles. The van der Waals surface area contributed by atoms with E-state index in [1.165, 1.54) is 4.90 Å². The Hall–Kier alpha value is -4.84. The minimum atomic E-state index is -0.844. The first-order valence-corrected chi connectivity index (χ1v) is 14.1. The van der Waals surface area contributed by atoms with Crippen molar-refractivity contribution in [1.29, 1.82) is 0 Å². The number of nitrogens with zero attached hydrogens (tertiary/aromatic N) is 1. The van der Waals surface area contributed by atoms with E-state index in [1.54, 1.807) is 24.3 Å². The highest BCUT2D eigenvalue weighted by Gasteiger charge is 2.47. The largest absolute Gasteiger partial charge is 0.507 e. The number of hydrogen-bond acceptors (Lipinski definition) is 5. The number of ether oxygens (including phenoxy) is 2. The quantitative estimate of drug-likeness (QED) is 0.130. The fourth-order valence-electron chi connectivity index (χ4n) is 5.08. The van der Waals surface area contributed by atoms with Crippen molar-refractivity contribution in [3.05, 3.63) is 130 Å². The number of carbonyl (C=O) groups is 2. The topological polar surface area (TPSA) is 76.1 Å². The van der Waals surface area contributed by atoms with Crippen LogP contribution >= 0.6 is 0 Å². The molecule has 0 bridgehead atoms. The van der Waals surface area contributed by atoms with Gasteiger partial charge < -0.3 is 14.6 Å². The molecular weight excluding hydrogens is 526 g/mol.